The first-order chi connectivity index (χ1) is 14.3. The van der Waals surface area contributed by atoms with E-state index in [9.17, 15) is 23.2 Å². The minimum atomic E-state index is -4.36. The fourth-order valence-electron chi connectivity index (χ4n) is 4.30. The van der Waals surface area contributed by atoms with Gasteiger partial charge in [-0.3, -0.25) is 14.8 Å². The van der Waals surface area contributed by atoms with Crippen LogP contribution in [0.25, 0.3) is 11.0 Å². The molecule has 3 heterocycles. The van der Waals surface area contributed by atoms with E-state index in [1.165, 1.54) is 12.4 Å². The Bertz CT molecular complexity index is 1000. The molecule has 4 rings (SSSR count). The van der Waals surface area contributed by atoms with Gasteiger partial charge < -0.3 is 15.1 Å². The van der Waals surface area contributed by atoms with E-state index in [0.29, 0.717) is 41.8 Å². The highest BCUT2D eigenvalue weighted by Crippen LogP contribution is 2.37. The normalized spacial score (nSPS) is 25.0. The number of benzene rings is 1. The van der Waals surface area contributed by atoms with E-state index in [1.54, 1.807) is 29.0 Å². The summed E-state index contributed by atoms with van der Waals surface area (Å²) in [6, 6.07) is 4.25. The number of halogens is 3. The number of aromatic nitrogens is 2. The van der Waals surface area contributed by atoms with E-state index in [2.05, 4.69) is 15.3 Å². The first-order valence-electron chi connectivity index (χ1n) is 9.74. The smallest absolute Gasteiger partial charge is 0.368 e. The average Bonchev–Trinajstić information content (AvgIpc) is 3.04. The maximum absolute atomic E-state index is 13.7. The van der Waals surface area contributed by atoms with Gasteiger partial charge in [-0.1, -0.05) is 0 Å². The fourth-order valence-corrected chi connectivity index (χ4v) is 4.30. The van der Waals surface area contributed by atoms with Gasteiger partial charge in [-0.15, -0.1) is 0 Å². The molecule has 0 radical (unpaired) electrons. The Balaban J connectivity index is 1.66. The monoisotopic (exact) mass is 418 g/mol. The van der Waals surface area contributed by atoms with Gasteiger partial charge in [0.15, 0.2) is 0 Å². The lowest BCUT2D eigenvalue weighted by molar-refractivity contribution is -0.177. The number of rotatable bonds is 3. The second-order valence-corrected chi connectivity index (χ2v) is 7.84. The van der Waals surface area contributed by atoms with Crippen molar-refractivity contribution in [1.29, 1.82) is 5.26 Å². The molecule has 30 heavy (non-hydrogen) atoms. The van der Waals surface area contributed by atoms with Crippen LogP contribution in [0, 0.1) is 17.2 Å². The molecule has 0 spiro atoms. The van der Waals surface area contributed by atoms with Crippen LogP contribution in [-0.4, -0.2) is 65.7 Å². The molecule has 3 unspecified atom stereocenters. The summed E-state index contributed by atoms with van der Waals surface area (Å²) in [7, 11) is 1.69. The molecule has 3 atom stereocenters. The zero-order valence-electron chi connectivity index (χ0n) is 16.4. The molecule has 7 nitrogen and oxygen atoms in total. The minimum absolute atomic E-state index is 0.0899. The molecule has 1 aromatic carbocycles. The third-order valence-electron chi connectivity index (χ3n) is 5.84. The summed E-state index contributed by atoms with van der Waals surface area (Å²) in [5.74, 6) is -1.63. The number of likely N-dealkylation sites (tertiary alicyclic amines) is 1. The Labute approximate surface area is 171 Å². The summed E-state index contributed by atoms with van der Waals surface area (Å²) in [4.78, 5) is 23.9. The molecule has 2 aromatic rings. The minimum Gasteiger partial charge on any atom is -0.368 e. The average molecular weight is 418 g/mol. The van der Waals surface area contributed by atoms with E-state index < -0.39 is 24.2 Å². The molecule has 2 aliphatic heterocycles. The lowest BCUT2D eigenvalue weighted by Gasteiger charge is -2.41. The van der Waals surface area contributed by atoms with Crippen LogP contribution in [0.4, 0.5) is 18.9 Å². The Morgan fingerprint density at radius 1 is 1.20 bits per heavy atom. The molecule has 1 amide bonds. The molecule has 158 valence electrons. The number of hydrogen-bond acceptors (Lipinski definition) is 6. The maximum atomic E-state index is 13.7. The van der Waals surface area contributed by atoms with Crippen LogP contribution in [-0.2, 0) is 4.79 Å². The third kappa shape index (κ3) is 3.77. The molecule has 0 bridgehead atoms. The highest BCUT2D eigenvalue weighted by Gasteiger charge is 2.45. The highest BCUT2D eigenvalue weighted by atomic mass is 19.4. The number of nitriles is 1. The number of amides is 1. The van der Waals surface area contributed by atoms with Gasteiger partial charge in [-0.25, -0.2) is 0 Å². The maximum Gasteiger partial charge on any atom is 0.393 e. The Morgan fingerprint density at radius 2 is 1.93 bits per heavy atom. The molecule has 0 saturated carbocycles. The quantitative estimate of drug-likeness (QED) is 0.822. The number of piperidine rings is 1. The first-order valence-corrected chi connectivity index (χ1v) is 9.74. The zero-order chi connectivity index (χ0) is 21.5. The number of hydrogen-bond donors (Lipinski definition) is 1. The van der Waals surface area contributed by atoms with Crippen LogP contribution >= 0.6 is 0 Å². The van der Waals surface area contributed by atoms with Crippen molar-refractivity contribution in [2.24, 2.45) is 5.92 Å². The van der Waals surface area contributed by atoms with Gasteiger partial charge in [0.2, 0.25) is 5.91 Å². The Morgan fingerprint density at radius 3 is 2.57 bits per heavy atom. The molecular formula is C20H21F3N6O. The topological polar surface area (TPSA) is 85.2 Å². The van der Waals surface area contributed by atoms with Gasteiger partial charge in [0.25, 0.3) is 0 Å². The summed E-state index contributed by atoms with van der Waals surface area (Å²) < 4.78 is 41.1. The number of carbonyl (C=O) groups excluding carboxylic acids is 1. The second kappa shape index (κ2) is 7.72. The largest absolute Gasteiger partial charge is 0.393 e. The summed E-state index contributed by atoms with van der Waals surface area (Å²) in [5, 5.41) is 12.5. The van der Waals surface area contributed by atoms with E-state index in [0.717, 1.165) is 0 Å². The van der Waals surface area contributed by atoms with Gasteiger partial charge >= 0.3 is 6.18 Å². The van der Waals surface area contributed by atoms with E-state index >= 15 is 0 Å². The van der Waals surface area contributed by atoms with Crippen molar-refractivity contribution >= 4 is 22.6 Å². The predicted molar refractivity (Wildman–Crippen MR) is 104 cm³/mol. The standard InChI is InChI=1S/C20H21F3N6O/c1-28-7-4-15(19(28)30)27-14-8-13(20(21,22)23)10-29(11-14)16-3-2-12(9-24)17-18(16)26-6-5-25-17/h2-3,5-6,13-15,27H,4,7-8,10-11H2,1H3. The van der Waals surface area contributed by atoms with Gasteiger partial charge in [-0.2, -0.15) is 18.4 Å². The van der Waals surface area contributed by atoms with E-state index in [-0.39, 0.29) is 18.9 Å². The van der Waals surface area contributed by atoms with Crippen LogP contribution in [0.1, 0.15) is 18.4 Å². The molecule has 1 aromatic heterocycles. The van der Waals surface area contributed by atoms with Crippen molar-refractivity contribution in [2.45, 2.75) is 31.1 Å². The Kier molecular flexibility index (Phi) is 5.24. The Hall–Kier alpha value is -2.93. The zero-order valence-corrected chi connectivity index (χ0v) is 16.4. The van der Waals surface area contributed by atoms with Gasteiger partial charge in [0, 0.05) is 45.1 Å². The van der Waals surface area contributed by atoms with Crippen LogP contribution in [0.5, 0.6) is 0 Å². The lowest BCUT2D eigenvalue weighted by atomic mass is 9.92. The summed E-state index contributed by atoms with van der Waals surface area (Å²) in [6.07, 6.45) is -0.959. The van der Waals surface area contributed by atoms with Crippen molar-refractivity contribution in [1.82, 2.24) is 20.2 Å². The fraction of sp³-hybridized carbons (Fsp3) is 0.500. The predicted octanol–water partition coefficient (Wildman–Crippen LogP) is 2.08. The third-order valence-corrected chi connectivity index (χ3v) is 5.84. The number of fused-ring (bicyclic) bond motifs is 1. The van der Waals surface area contributed by atoms with Gasteiger partial charge in [-0.05, 0) is 25.0 Å². The number of nitrogens with zero attached hydrogens (tertiary/aromatic N) is 5. The van der Waals surface area contributed by atoms with Gasteiger partial charge in [0.05, 0.1) is 23.2 Å². The first kappa shape index (κ1) is 20.3. The van der Waals surface area contributed by atoms with E-state index in [1.807, 2.05) is 6.07 Å². The molecular weight excluding hydrogens is 397 g/mol. The molecule has 1 N–H and O–H groups in total. The highest BCUT2D eigenvalue weighted by molar-refractivity contribution is 5.92. The second-order valence-electron chi connectivity index (χ2n) is 7.84. The molecule has 2 aliphatic rings. The summed E-state index contributed by atoms with van der Waals surface area (Å²) in [6.45, 7) is 0.681. The van der Waals surface area contributed by atoms with Crippen LogP contribution < -0.4 is 10.2 Å². The van der Waals surface area contributed by atoms with Crippen molar-refractivity contribution in [3.8, 4) is 6.07 Å². The van der Waals surface area contributed by atoms with Crippen molar-refractivity contribution in [3.63, 3.8) is 0 Å². The molecule has 2 saturated heterocycles. The number of alkyl halides is 3. The number of likely N-dealkylation sites (N-methyl/N-ethyl adjacent to an activating group) is 1. The van der Waals surface area contributed by atoms with Crippen molar-refractivity contribution in [2.75, 3.05) is 31.6 Å². The molecule has 0 aliphatic carbocycles. The van der Waals surface area contributed by atoms with E-state index in [4.69, 9.17) is 0 Å². The van der Waals surface area contributed by atoms with Crippen molar-refractivity contribution < 1.29 is 18.0 Å². The van der Waals surface area contributed by atoms with Gasteiger partial charge in [0.1, 0.15) is 17.1 Å². The number of nitrogens with one attached hydrogen (secondary N) is 1. The lowest BCUT2D eigenvalue weighted by Crippen LogP contribution is -2.55. The number of carbonyl (C=O) groups is 1. The summed E-state index contributed by atoms with van der Waals surface area (Å²) in [5.41, 5.74) is 1.59. The molecule has 2 fully saturated rings. The summed E-state index contributed by atoms with van der Waals surface area (Å²) >= 11 is 0. The SMILES string of the molecule is CN1CCC(NC2CC(C(F)(F)F)CN(c3ccc(C#N)c4nccnc34)C2)C1=O. The van der Waals surface area contributed by atoms with Crippen LogP contribution in [0.2, 0.25) is 0 Å². The number of anilines is 1. The van der Waals surface area contributed by atoms with Crippen LogP contribution in [0.3, 0.4) is 0 Å². The molecule has 10 heteroatoms. The van der Waals surface area contributed by atoms with Crippen molar-refractivity contribution in [3.05, 3.63) is 30.1 Å². The van der Waals surface area contributed by atoms with Crippen LogP contribution in [0.15, 0.2) is 24.5 Å².